The van der Waals surface area contributed by atoms with Crippen LogP contribution in [0.15, 0.2) is 82.9 Å². The van der Waals surface area contributed by atoms with Gasteiger partial charge in [-0.1, -0.05) is 60.0 Å². The maximum Gasteiger partial charge on any atom is 0.263 e. The van der Waals surface area contributed by atoms with Crippen molar-refractivity contribution in [2.45, 2.75) is 43.4 Å². The molecule has 5 rings (SSSR count). The second kappa shape index (κ2) is 7.17. The molecule has 0 radical (unpaired) electrons. The number of aryl methyl sites for hydroxylation is 1. The van der Waals surface area contributed by atoms with Crippen LogP contribution in [-0.2, 0) is 10.0 Å². The summed E-state index contributed by atoms with van der Waals surface area (Å²) >= 11 is 0. The molecule has 3 atom stereocenters. The van der Waals surface area contributed by atoms with E-state index in [0.717, 1.165) is 12.0 Å². The number of hydrogen-bond acceptors (Lipinski definition) is 2. The van der Waals surface area contributed by atoms with Gasteiger partial charge in [0.25, 0.3) is 10.0 Å². The van der Waals surface area contributed by atoms with Crippen LogP contribution < -0.4 is 0 Å². The molecule has 1 saturated carbocycles. The zero-order valence-corrected chi connectivity index (χ0v) is 17.6. The van der Waals surface area contributed by atoms with Crippen LogP contribution in [0.4, 0.5) is 0 Å². The molecule has 4 heteroatoms. The Morgan fingerprint density at radius 2 is 1.69 bits per heavy atom. The first-order chi connectivity index (χ1) is 14.1. The van der Waals surface area contributed by atoms with Crippen molar-refractivity contribution in [3.8, 4) is 0 Å². The number of allylic oxidation sites excluding steroid dienone is 2. The van der Waals surface area contributed by atoms with Gasteiger partial charge in [0, 0.05) is 18.7 Å². The van der Waals surface area contributed by atoms with Gasteiger partial charge < -0.3 is 0 Å². The predicted octanol–water partition coefficient (Wildman–Crippen LogP) is 5.41. The SMILES string of the molecule is Cc1ccc(S(=O)(=O)N2C=CC3=C4CCCCC4C(c4ccccc4)C3C2)cc1. The summed E-state index contributed by atoms with van der Waals surface area (Å²) in [5.74, 6) is 1.17. The van der Waals surface area contributed by atoms with E-state index in [-0.39, 0.29) is 5.92 Å². The minimum absolute atomic E-state index is 0.237. The Morgan fingerprint density at radius 3 is 2.45 bits per heavy atom. The van der Waals surface area contributed by atoms with Gasteiger partial charge in [-0.2, -0.15) is 0 Å². The lowest BCUT2D eigenvalue weighted by Crippen LogP contribution is -2.36. The van der Waals surface area contributed by atoms with Crippen LogP contribution in [0.2, 0.25) is 0 Å². The molecule has 1 aliphatic heterocycles. The van der Waals surface area contributed by atoms with Crippen LogP contribution in [0, 0.1) is 18.8 Å². The van der Waals surface area contributed by atoms with Crippen LogP contribution >= 0.6 is 0 Å². The van der Waals surface area contributed by atoms with Crippen molar-refractivity contribution in [1.29, 1.82) is 0 Å². The molecule has 3 nitrogen and oxygen atoms in total. The van der Waals surface area contributed by atoms with Crippen molar-refractivity contribution in [2.75, 3.05) is 6.54 Å². The molecule has 2 aromatic rings. The van der Waals surface area contributed by atoms with E-state index in [1.807, 2.05) is 19.1 Å². The van der Waals surface area contributed by atoms with Gasteiger partial charge in [-0.25, -0.2) is 8.42 Å². The van der Waals surface area contributed by atoms with Crippen molar-refractivity contribution in [2.24, 2.45) is 11.8 Å². The molecule has 1 heterocycles. The van der Waals surface area contributed by atoms with Crippen molar-refractivity contribution in [3.05, 3.63) is 89.1 Å². The number of hydrogen-bond donors (Lipinski definition) is 0. The fourth-order valence-corrected chi connectivity index (χ4v) is 6.86. The predicted molar refractivity (Wildman–Crippen MR) is 116 cm³/mol. The van der Waals surface area contributed by atoms with E-state index in [4.69, 9.17) is 0 Å². The van der Waals surface area contributed by atoms with Crippen LogP contribution in [0.25, 0.3) is 0 Å². The van der Waals surface area contributed by atoms with Crippen LogP contribution in [0.3, 0.4) is 0 Å². The molecule has 0 bridgehead atoms. The van der Waals surface area contributed by atoms with Gasteiger partial charge in [0.05, 0.1) is 4.90 Å². The van der Waals surface area contributed by atoms with Crippen LogP contribution in [0.5, 0.6) is 0 Å². The number of fused-ring (bicyclic) bond motifs is 2. The molecule has 29 heavy (non-hydrogen) atoms. The summed E-state index contributed by atoms with van der Waals surface area (Å²) in [5.41, 5.74) is 5.40. The first-order valence-electron chi connectivity index (χ1n) is 10.6. The van der Waals surface area contributed by atoms with Gasteiger partial charge in [-0.15, -0.1) is 0 Å². The number of nitrogens with zero attached hydrogens (tertiary/aromatic N) is 1. The lowest BCUT2D eigenvalue weighted by atomic mass is 9.75. The third-order valence-electron chi connectivity index (χ3n) is 6.91. The normalized spacial score (nSPS) is 26.4. The largest absolute Gasteiger partial charge is 0.273 e. The fraction of sp³-hybridized carbons (Fsp3) is 0.360. The Balaban J connectivity index is 1.53. The van der Waals surface area contributed by atoms with Gasteiger partial charge in [-0.3, -0.25) is 4.31 Å². The molecule has 1 fully saturated rings. The molecular weight excluding hydrogens is 378 g/mol. The molecule has 0 amide bonds. The Morgan fingerprint density at radius 1 is 0.931 bits per heavy atom. The summed E-state index contributed by atoms with van der Waals surface area (Å²) in [6.45, 7) is 2.50. The van der Waals surface area contributed by atoms with E-state index in [1.54, 1.807) is 28.2 Å². The smallest absolute Gasteiger partial charge is 0.263 e. The Labute approximate surface area is 173 Å². The van der Waals surface area contributed by atoms with E-state index in [0.29, 0.717) is 23.3 Å². The first kappa shape index (κ1) is 18.7. The average Bonchev–Trinajstić information content (AvgIpc) is 3.08. The molecule has 0 spiro atoms. The molecule has 3 unspecified atom stereocenters. The maximum atomic E-state index is 13.3. The second-order valence-corrected chi connectivity index (χ2v) is 10.5. The van der Waals surface area contributed by atoms with Gasteiger partial charge in [0.1, 0.15) is 0 Å². The van der Waals surface area contributed by atoms with Crippen molar-refractivity contribution < 1.29 is 8.42 Å². The zero-order valence-electron chi connectivity index (χ0n) is 16.8. The minimum atomic E-state index is -3.53. The molecule has 2 aliphatic carbocycles. The monoisotopic (exact) mass is 405 g/mol. The second-order valence-electron chi connectivity index (χ2n) is 8.58. The topological polar surface area (TPSA) is 37.4 Å². The highest BCUT2D eigenvalue weighted by atomic mass is 32.2. The summed E-state index contributed by atoms with van der Waals surface area (Å²) in [6, 6.07) is 17.9. The highest BCUT2D eigenvalue weighted by Gasteiger charge is 2.45. The standard InChI is InChI=1S/C25H27NO2S/c1-18-11-13-20(14-12-18)29(27,28)26-16-15-22-21-9-5-6-10-23(21)25(24(22)17-26)19-7-3-2-4-8-19/h2-4,7-8,11-16,23-25H,5-6,9-10,17H2,1H3. The molecular formula is C25H27NO2S. The number of sulfonamides is 1. The van der Waals surface area contributed by atoms with Crippen molar-refractivity contribution in [1.82, 2.24) is 4.31 Å². The molecule has 2 aromatic carbocycles. The highest BCUT2D eigenvalue weighted by molar-refractivity contribution is 7.89. The third-order valence-corrected chi connectivity index (χ3v) is 8.66. The van der Waals surface area contributed by atoms with Gasteiger partial charge >= 0.3 is 0 Å². The highest BCUT2D eigenvalue weighted by Crippen LogP contribution is 2.55. The van der Waals surface area contributed by atoms with Crippen LogP contribution in [-0.4, -0.2) is 19.3 Å². The van der Waals surface area contributed by atoms with E-state index in [1.165, 1.54) is 30.4 Å². The van der Waals surface area contributed by atoms with E-state index < -0.39 is 10.0 Å². The molecule has 3 aliphatic rings. The first-order valence-corrected chi connectivity index (χ1v) is 12.0. The Hall–Kier alpha value is -2.33. The average molecular weight is 406 g/mol. The van der Waals surface area contributed by atoms with Gasteiger partial charge in [0.2, 0.25) is 0 Å². The summed E-state index contributed by atoms with van der Waals surface area (Å²) in [4.78, 5) is 0.371. The maximum absolute atomic E-state index is 13.3. The number of rotatable bonds is 3. The summed E-state index contributed by atoms with van der Waals surface area (Å²) in [6.07, 6.45) is 8.79. The zero-order chi connectivity index (χ0) is 20.0. The fourth-order valence-electron chi connectivity index (χ4n) is 5.53. The molecule has 0 N–H and O–H groups in total. The summed E-state index contributed by atoms with van der Waals surface area (Å²) in [5, 5.41) is 0. The third kappa shape index (κ3) is 3.14. The van der Waals surface area contributed by atoms with E-state index in [9.17, 15) is 8.42 Å². The molecule has 0 saturated heterocycles. The van der Waals surface area contributed by atoms with E-state index >= 15 is 0 Å². The van der Waals surface area contributed by atoms with Gasteiger partial charge in [-0.05, 0) is 67.4 Å². The van der Waals surface area contributed by atoms with E-state index in [2.05, 4.69) is 36.4 Å². The Kier molecular flexibility index (Phi) is 4.62. The number of benzene rings is 2. The Bertz CT molecular complexity index is 1070. The van der Waals surface area contributed by atoms with Gasteiger partial charge in [0.15, 0.2) is 0 Å². The van der Waals surface area contributed by atoms with Crippen molar-refractivity contribution in [3.63, 3.8) is 0 Å². The summed E-state index contributed by atoms with van der Waals surface area (Å²) < 4.78 is 28.2. The lowest BCUT2D eigenvalue weighted by Gasteiger charge is -2.34. The van der Waals surface area contributed by atoms with Crippen molar-refractivity contribution >= 4 is 10.0 Å². The minimum Gasteiger partial charge on any atom is -0.273 e. The lowest BCUT2D eigenvalue weighted by molar-refractivity contribution is 0.332. The quantitative estimate of drug-likeness (QED) is 0.684. The molecule has 0 aromatic heterocycles. The molecule has 150 valence electrons. The summed E-state index contributed by atoms with van der Waals surface area (Å²) in [7, 11) is -3.53. The van der Waals surface area contributed by atoms with Crippen LogP contribution in [0.1, 0.15) is 42.7 Å².